The molecular formula is C44H32Cl2N6O10. The molecule has 0 aliphatic carbocycles. The highest BCUT2D eigenvalue weighted by atomic mass is 35.5. The van der Waals surface area contributed by atoms with E-state index in [1.54, 1.807) is 98.8 Å². The minimum Gasteiger partial charge on any atom is -0.466 e. The maximum atomic E-state index is 13.4. The Morgan fingerprint density at radius 3 is 1.32 bits per heavy atom. The molecule has 4 aromatic carbocycles. The lowest BCUT2D eigenvalue weighted by atomic mass is 10.2. The van der Waals surface area contributed by atoms with Crippen LogP contribution < -0.4 is 20.9 Å². The van der Waals surface area contributed by atoms with Gasteiger partial charge in [-0.2, -0.15) is 0 Å². The van der Waals surface area contributed by atoms with E-state index in [-0.39, 0.29) is 49.1 Å². The van der Waals surface area contributed by atoms with Crippen LogP contribution in [0.25, 0.3) is 44.1 Å². The summed E-state index contributed by atoms with van der Waals surface area (Å²) in [5.41, 5.74) is 1.70. The molecule has 62 heavy (non-hydrogen) atoms. The first-order valence-corrected chi connectivity index (χ1v) is 20.1. The number of fused-ring (bicyclic) bond motifs is 8. The molecule has 10 rings (SSSR count). The quantitative estimate of drug-likeness (QED) is 0.134. The molecule has 312 valence electrons. The number of benzene rings is 4. The third-order valence-electron chi connectivity index (χ3n) is 10.4. The molecule has 16 nitrogen and oxygen atoms in total. The number of hydrogen-bond acceptors (Lipinski definition) is 12. The minimum atomic E-state index is -1.10. The van der Waals surface area contributed by atoms with Crippen molar-refractivity contribution in [2.45, 2.75) is 38.8 Å². The van der Waals surface area contributed by atoms with Crippen molar-refractivity contribution >= 4 is 114 Å². The van der Waals surface area contributed by atoms with Gasteiger partial charge in [-0.15, -0.1) is 0 Å². The van der Waals surface area contributed by atoms with E-state index >= 15 is 0 Å². The van der Waals surface area contributed by atoms with Crippen LogP contribution in [0.5, 0.6) is 0 Å². The van der Waals surface area contributed by atoms with Gasteiger partial charge in [-0.05, 0) is 86.6 Å². The lowest BCUT2D eigenvalue weighted by molar-refractivity contribution is -0.145. The number of nitrogens with zero attached hydrogens (tertiary/aromatic N) is 6. The molecule has 2 atom stereocenters. The van der Waals surface area contributed by atoms with E-state index < -0.39 is 47.0 Å². The second kappa shape index (κ2) is 15.9. The summed E-state index contributed by atoms with van der Waals surface area (Å²) in [7, 11) is 0. The van der Waals surface area contributed by atoms with Crippen molar-refractivity contribution in [2.24, 2.45) is 0 Å². The van der Waals surface area contributed by atoms with Gasteiger partial charge < -0.3 is 18.3 Å². The van der Waals surface area contributed by atoms with Crippen molar-refractivity contribution < 1.29 is 37.5 Å². The lowest BCUT2D eigenvalue weighted by Gasteiger charge is -2.15. The summed E-state index contributed by atoms with van der Waals surface area (Å²) in [5.74, 6) is -1.85. The molecule has 0 fully saturated rings. The van der Waals surface area contributed by atoms with Gasteiger partial charge in [0.1, 0.15) is 34.3 Å². The van der Waals surface area contributed by atoms with Crippen LogP contribution in [-0.4, -0.2) is 56.1 Å². The van der Waals surface area contributed by atoms with Crippen molar-refractivity contribution in [3.05, 3.63) is 128 Å². The SMILES string of the molecule is CCOC(=O)C[C@H]1C(=O)N(c2ccc(Cl)cc2)c2nc3c(oc4ccccc43)c(=O)n21.CCOC(=O)C[C@H]1C(=O)N(c2ccc(Cl)cc2)c2nc3c(oc4ccccc43)c(=O)n21. The number of ether oxygens (including phenoxy) is 2. The first-order valence-electron chi connectivity index (χ1n) is 19.4. The maximum absolute atomic E-state index is 13.4. The summed E-state index contributed by atoms with van der Waals surface area (Å²) in [5, 5.41) is 2.32. The van der Waals surface area contributed by atoms with Gasteiger partial charge in [0.25, 0.3) is 22.9 Å². The zero-order valence-corrected chi connectivity index (χ0v) is 34.3. The summed E-state index contributed by atoms with van der Waals surface area (Å²) in [6.07, 6.45) is -0.589. The van der Waals surface area contributed by atoms with Gasteiger partial charge in [0.05, 0.1) is 37.4 Å². The monoisotopic (exact) mass is 874 g/mol. The predicted molar refractivity (Wildman–Crippen MR) is 229 cm³/mol. The van der Waals surface area contributed by atoms with E-state index in [1.807, 2.05) is 12.1 Å². The number of esters is 2. The second-order valence-electron chi connectivity index (χ2n) is 14.1. The molecule has 8 aromatic rings. The van der Waals surface area contributed by atoms with Gasteiger partial charge in [-0.25, -0.2) is 19.8 Å². The average Bonchev–Trinajstić information content (AvgIpc) is 3.98. The molecule has 0 saturated carbocycles. The van der Waals surface area contributed by atoms with Gasteiger partial charge in [0.15, 0.2) is 0 Å². The Hall–Kier alpha value is -7.30. The summed E-state index contributed by atoms with van der Waals surface area (Å²) in [4.78, 5) is 89.8. The first kappa shape index (κ1) is 40.1. The van der Waals surface area contributed by atoms with Crippen LogP contribution in [0.3, 0.4) is 0 Å². The summed E-state index contributed by atoms with van der Waals surface area (Å²) in [6.45, 7) is 3.69. The van der Waals surface area contributed by atoms with E-state index in [2.05, 4.69) is 9.97 Å². The van der Waals surface area contributed by atoms with Crippen molar-refractivity contribution in [1.29, 1.82) is 0 Å². The van der Waals surface area contributed by atoms with Crippen molar-refractivity contribution in [3.8, 4) is 0 Å². The predicted octanol–water partition coefficient (Wildman–Crippen LogP) is 7.94. The highest BCUT2D eigenvalue weighted by Gasteiger charge is 2.44. The molecule has 0 spiro atoms. The van der Waals surface area contributed by atoms with Crippen LogP contribution in [0.1, 0.15) is 38.8 Å². The Morgan fingerprint density at radius 1 is 0.581 bits per heavy atom. The molecule has 2 amide bonds. The second-order valence-corrected chi connectivity index (χ2v) is 14.9. The van der Waals surface area contributed by atoms with Gasteiger partial charge in [0.2, 0.25) is 23.1 Å². The Morgan fingerprint density at radius 2 is 0.952 bits per heavy atom. The third-order valence-corrected chi connectivity index (χ3v) is 10.9. The molecule has 0 bridgehead atoms. The molecule has 0 N–H and O–H groups in total. The minimum absolute atomic E-state index is 0.0320. The van der Waals surface area contributed by atoms with Crippen LogP contribution in [0.15, 0.2) is 115 Å². The Kier molecular flexibility index (Phi) is 10.3. The van der Waals surface area contributed by atoms with Crippen LogP contribution in [0.4, 0.5) is 23.3 Å². The molecule has 0 radical (unpaired) electrons. The van der Waals surface area contributed by atoms with Crippen LogP contribution in [0, 0.1) is 0 Å². The fraction of sp³-hybridized carbons (Fsp3) is 0.182. The first-order chi connectivity index (χ1) is 30.0. The standard InChI is InChI=1S/2C22H16ClN3O5/c2*1-2-30-17(27)11-15-20(28)25(13-9-7-12(23)8-10-13)22-24-18-14-5-3-4-6-16(14)31-19(18)21(29)26(15)22/h2*3-10,15H,2,11H2,1H3/t2*15-/m00/s1. The normalized spacial score (nSPS) is 15.6. The van der Waals surface area contributed by atoms with Gasteiger partial charge in [0, 0.05) is 20.8 Å². The molecule has 0 saturated heterocycles. The Balaban J connectivity index is 0.000000158. The zero-order chi connectivity index (χ0) is 43.4. The number of furan rings is 2. The smallest absolute Gasteiger partial charge is 0.308 e. The number of rotatable bonds is 8. The summed E-state index contributed by atoms with van der Waals surface area (Å²) >= 11 is 12.0. The fourth-order valence-corrected chi connectivity index (χ4v) is 7.91. The highest BCUT2D eigenvalue weighted by Crippen LogP contribution is 2.40. The van der Waals surface area contributed by atoms with E-state index in [0.717, 1.165) is 0 Å². The largest absolute Gasteiger partial charge is 0.466 e. The zero-order valence-electron chi connectivity index (χ0n) is 32.7. The number of amides is 2. The van der Waals surface area contributed by atoms with Gasteiger partial charge in [-0.3, -0.25) is 37.9 Å². The molecule has 4 aromatic heterocycles. The van der Waals surface area contributed by atoms with Crippen LogP contribution in [-0.2, 0) is 28.7 Å². The third kappa shape index (κ3) is 6.73. The number of carbonyl (C=O) groups is 4. The number of aromatic nitrogens is 4. The molecular weight excluding hydrogens is 843 g/mol. The van der Waals surface area contributed by atoms with Crippen molar-refractivity contribution in [3.63, 3.8) is 0 Å². The molecule has 2 aliphatic heterocycles. The summed E-state index contributed by atoms with van der Waals surface area (Å²) in [6, 6.07) is 25.3. The van der Waals surface area contributed by atoms with Crippen LogP contribution in [0.2, 0.25) is 10.0 Å². The maximum Gasteiger partial charge on any atom is 0.308 e. The van der Waals surface area contributed by atoms with Crippen LogP contribution >= 0.6 is 23.2 Å². The fourth-order valence-electron chi connectivity index (χ4n) is 7.66. The molecule has 2 aliphatic rings. The molecule has 18 heteroatoms. The lowest BCUT2D eigenvalue weighted by Crippen LogP contribution is -2.28. The number of para-hydroxylation sites is 2. The molecule has 0 unspecified atom stereocenters. The molecule has 6 heterocycles. The van der Waals surface area contributed by atoms with Crippen molar-refractivity contribution in [1.82, 2.24) is 19.1 Å². The highest BCUT2D eigenvalue weighted by molar-refractivity contribution is 6.31. The number of carbonyl (C=O) groups excluding carboxylic acids is 4. The number of hydrogen-bond donors (Lipinski definition) is 0. The number of anilines is 4. The van der Waals surface area contributed by atoms with E-state index in [1.165, 1.54) is 18.9 Å². The topological polar surface area (TPSA) is 189 Å². The van der Waals surface area contributed by atoms with Gasteiger partial charge in [-0.1, -0.05) is 47.5 Å². The van der Waals surface area contributed by atoms with Crippen molar-refractivity contribution in [2.75, 3.05) is 23.0 Å². The Bertz CT molecular complexity index is 3030. The van der Waals surface area contributed by atoms with E-state index in [0.29, 0.717) is 54.4 Å². The number of halogens is 2. The Labute approximate surface area is 359 Å². The van der Waals surface area contributed by atoms with E-state index in [4.69, 9.17) is 41.5 Å². The average molecular weight is 876 g/mol. The summed E-state index contributed by atoms with van der Waals surface area (Å²) < 4.78 is 23.9. The van der Waals surface area contributed by atoms with Gasteiger partial charge >= 0.3 is 11.9 Å². The van der Waals surface area contributed by atoms with E-state index in [9.17, 15) is 28.8 Å².